The summed E-state index contributed by atoms with van der Waals surface area (Å²) >= 11 is 1.45. The van der Waals surface area contributed by atoms with E-state index in [1.165, 1.54) is 11.3 Å². The van der Waals surface area contributed by atoms with E-state index < -0.39 is 0 Å². The van der Waals surface area contributed by atoms with Crippen LogP contribution >= 0.6 is 11.3 Å². The number of nitrogens with zero attached hydrogens (tertiary/aromatic N) is 1. The van der Waals surface area contributed by atoms with Gasteiger partial charge in [-0.3, -0.25) is 4.79 Å². The highest BCUT2D eigenvalue weighted by Crippen LogP contribution is 2.40. The Morgan fingerprint density at radius 2 is 2.00 bits per heavy atom. The lowest BCUT2D eigenvalue weighted by Crippen LogP contribution is -2.16. The number of rotatable bonds is 5. The molecule has 0 aliphatic heterocycles. The lowest BCUT2D eigenvalue weighted by molar-refractivity contribution is 0.0527. The molecule has 1 amide bonds. The monoisotopic (exact) mass is 396 g/mol. The number of hydrogen-bond donors (Lipinski definition) is 1. The molecular formula is C21H20N2O4S. The van der Waals surface area contributed by atoms with Gasteiger partial charge in [0.15, 0.2) is 0 Å². The van der Waals surface area contributed by atoms with Crippen molar-refractivity contribution in [1.29, 1.82) is 0 Å². The maximum Gasteiger partial charge on any atom is 0.341 e. The average molecular weight is 396 g/mol. The molecule has 28 heavy (non-hydrogen) atoms. The fourth-order valence-electron chi connectivity index (χ4n) is 3.51. The predicted molar refractivity (Wildman–Crippen MR) is 107 cm³/mol. The summed E-state index contributed by atoms with van der Waals surface area (Å²) in [5, 5.41) is 7.51. The molecule has 0 atom stereocenters. The van der Waals surface area contributed by atoms with Crippen LogP contribution in [0.5, 0.6) is 0 Å². The van der Waals surface area contributed by atoms with Crippen LogP contribution in [0.25, 0.3) is 11.3 Å². The largest absolute Gasteiger partial charge is 0.462 e. The molecule has 1 aliphatic rings. The Hall–Kier alpha value is -2.93. The Balaban J connectivity index is 1.69. The zero-order valence-corrected chi connectivity index (χ0v) is 16.5. The average Bonchev–Trinajstić information content (AvgIpc) is 3.36. The molecule has 1 aliphatic carbocycles. The number of aromatic nitrogens is 1. The molecule has 4 rings (SSSR count). The Kier molecular flexibility index (Phi) is 5.00. The minimum Gasteiger partial charge on any atom is -0.462 e. The highest BCUT2D eigenvalue weighted by Gasteiger charge is 2.30. The molecule has 7 heteroatoms. The van der Waals surface area contributed by atoms with Crippen LogP contribution in [0.1, 0.15) is 50.3 Å². The zero-order valence-electron chi connectivity index (χ0n) is 15.7. The second kappa shape index (κ2) is 7.59. The normalized spacial score (nSPS) is 12.6. The van der Waals surface area contributed by atoms with Crippen LogP contribution in [0.15, 0.2) is 34.9 Å². The first kappa shape index (κ1) is 18.4. The quantitative estimate of drug-likeness (QED) is 0.636. The number of carbonyl (C=O) groups excluding carboxylic acids is 2. The van der Waals surface area contributed by atoms with Gasteiger partial charge in [-0.05, 0) is 38.7 Å². The molecule has 6 nitrogen and oxygen atoms in total. The summed E-state index contributed by atoms with van der Waals surface area (Å²) in [5.74, 6) is -0.302. The third-order valence-corrected chi connectivity index (χ3v) is 5.97. The first-order valence-corrected chi connectivity index (χ1v) is 10.1. The Labute approximate surface area is 166 Å². The molecule has 0 fully saturated rings. The molecular weight excluding hydrogens is 376 g/mol. The molecule has 3 aromatic rings. The summed E-state index contributed by atoms with van der Waals surface area (Å²) in [4.78, 5) is 26.7. The van der Waals surface area contributed by atoms with Gasteiger partial charge in [0.2, 0.25) is 0 Å². The van der Waals surface area contributed by atoms with Crippen LogP contribution in [0, 0.1) is 6.92 Å². The maximum atomic E-state index is 13.1. The number of carbonyl (C=O) groups is 2. The van der Waals surface area contributed by atoms with Crippen molar-refractivity contribution in [3.63, 3.8) is 0 Å². The molecule has 0 saturated heterocycles. The molecule has 144 valence electrons. The van der Waals surface area contributed by atoms with E-state index in [0.717, 1.165) is 35.3 Å². The van der Waals surface area contributed by atoms with Gasteiger partial charge in [-0.25, -0.2) is 4.79 Å². The van der Waals surface area contributed by atoms with Gasteiger partial charge in [0, 0.05) is 10.4 Å². The van der Waals surface area contributed by atoms with Gasteiger partial charge in [0.05, 0.1) is 12.2 Å². The Morgan fingerprint density at radius 1 is 1.21 bits per heavy atom. The van der Waals surface area contributed by atoms with E-state index in [-0.39, 0.29) is 11.9 Å². The van der Waals surface area contributed by atoms with E-state index in [0.29, 0.717) is 34.2 Å². The van der Waals surface area contributed by atoms with Crippen molar-refractivity contribution in [2.24, 2.45) is 0 Å². The van der Waals surface area contributed by atoms with Crippen molar-refractivity contribution >= 4 is 28.2 Å². The topological polar surface area (TPSA) is 81.4 Å². The summed E-state index contributed by atoms with van der Waals surface area (Å²) in [6.07, 6.45) is 2.77. The molecule has 0 saturated carbocycles. The number of esters is 1. The van der Waals surface area contributed by atoms with Crippen LogP contribution in [-0.4, -0.2) is 23.6 Å². The molecule has 2 heterocycles. The van der Waals surface area contributed by atoms with Crippen molar-refractivity contribution in [3.05, 3.63) is 57.7 Å². The van der Waals surface area contributed by atoms with Crippen LogP contribution in [0.2, 0.25) is 0 Å². The minimum absolute atomic E-state index is 0.291. The fourth-order valence-corrected chi connectivity index (χ4v) is 4.78. The van der Waals surface area contributed by atoms with E-state index in [2.05, 4.69) is 10.5 Å². The molecule has 2 aromatic heterocycles. The summed E-state index contributed by atoms with van der Waals surface area (Å²) in [6, 6.07) is 9.40. The SMILES string of the molecule is CCOC(=O)c1c(NC(=O)c2c(-c3ccccc3)noc2C)sc2c1CCC2. The summed E-state index contributed by atoms with van der Waals surface area (Å²) < 4.78 is 10.5. The van der Waals surface area contributed by atoms with Gasteiger partial charge >= 0.3 is 5.97 Å². The van der Waals surface area contributed by atoms with Gasteiger partial charge in [-0.1, -0.05) is 35.5 Å². The summed E-state index contributed by atoms with van der Waals surface area (Å²) in [6.45, 7) is 3.77. The third-order valence-electron chi connectivity index (χ3n) is 4.76. The van der Waals surface area contributed by atoms with Crippen molar-refractivity contribution in [1.82, 2.24) is 5.16 Å². The smallest absolute Gasteiger partial charge is 0.341 e. The summed E-state index contributed by atoms with van der Waals surface area (Å²) in [7, 11) is 0. The van der Waals surface area contributed by atoms with Crippen LogP contribution in [-0.2, 0) is 17.6 Å². The number of benzene rings is 1. The number of nitrogens with one attached hydrogen (secondary N) is 1. The van der Waals surface area contributed by atoms with Gasteiger partial charge < -0.3 is 14.6 Å². The molecule has 0 radical (unpaired) electrons. The standard InChI is InChI=1S/C21H20N2O4S/c1-3-26-21(25)17-14-10-7-11-15(14)28-20(17)22-19(24)16-12(2)27-23-18(16)13-8-5-4-6-9-13/h4-6,8-9H,3,7,10-11H2,1-2H3,(H,22,24). The van der Waals surface area contributed by atoms with E-state index in [4.69, 9.17) is 9.26 Å². The molecule has 0 spiro atoms. The van der Waals surface area contributed by atoms with Crippen LogP contribution in [0.3, 0.4) is 0 Å². The van der Waals surface area contributed by atoms with Crippen molar-refractivity contribution in [3.8, 4) is 11.3 Å². The molecule has 1 N–H and O–H groups in total. The number of aryl methyl sites for hydroxylation is 2. The molecule has 1 aromatic carbocycles. The predicted octanol–water partition coefficient (Wildman–Crippen LogP) is 4.63. The van der Waals surface area contributed by atoms with Crippen molar-refractivity contribution in [2.75, 3.05) is 11.9 Å². The number of ether oxygens (including phenoxy) is 1. The highest BCUT2D eigenvalue weighted by atomic mass is 32.1. The third kappa shape index (κ3) is 3.22. The summed E-state index contributed by atoms with van der Waals surface area (Å²) in [5.41, 5.74) is 3.14. The number of fused-ring (bicyclic) bond motifs is 1. The Morgan fingerprint density at radius 3 is 2.75 bits per heavy atom. The van der Waals surface area contributed by atoms with Crippen molar-refractivity contribution in [2.45, 2.75) is 33.1 Å². The van der Waals surface area contributed by atoms with Gasteiger partial charge in [0.25, 0.3) is 5.91 Å². The van der Waals surface area contributed by atoms with Crippen LogP contribution < -0.4 is 5.32 Å². The van der Waals surface area contributed by atoms with E-state index in [9.17, 15) is 9.59 Å². The first-order chi connectivity index (χ1) is 13.6. The fraction of sp³-hybridized carbons (Fsp3) is 0.286. The van der Waals surface area contributed by atoms with Gasteiger partial charge in [-0.15, -0.1) is 11.3 Å². The van der Waals surface area contributed by atoms with E-state index in [1.54, 1.807) is 13.8 Å². The van der Waals surface area contributed by atoms with E-state index >= 15 is 0 Å². The lowest BCUT2D eigenvalue weighted by atomic mass is 10.1. The first-order valence-electron chi connectivity index (χ1n) is 9.24. The number of anilines is 1. The zero-order chi connectivity index (χ0) is 19.7. The number of thiophene rings is 1. The van der Waals surface area contributed by atoms with Gasteiger partial charge in [-0.2, -0.15) is 0 Å². The number of hydrogen-bond acceptors (Lipinski definition) is 6. The molecule has 0 unspecified atom stereocenters. The Bertz CT molecular complexity index is 1040. The second-order valence-corrected chi connectivity index (χ2v) is 7.67. The van der Waals surface area contributed by atoms with Crippen LogP contribution in [0.4, 0.5) is 5.00 Å². The van der Waals surface area contributed by atoms with Gasteiger partial charge in [0.1, 0.15) is 22.0 Å². The highest BCUT2D eigenvalue weighted by molar-refractivity contribution is 7.17. The van der Waals surface area contributed by atoms with Crippen molar-refractivity contribution < 1.29 is 18.8 Å². The minimum atomic E-state index is -0.387. The lowest BCUT2D eigenvalue weighted by Gasteiger charge is -2.08. The maximum absolute atomic E-state index is 13.1. The molecule has 0 bridgehead atoms. The number of amides is 1. The van der Waals surface area contributed by atoms with E-state index in [1.807, 2.05) is 30.3 Å². The second-order valence-electron chi connectivity index (χ2n) is 6.56.